The molecular weight excluding hydrogens is 618 g/mol. The van der Waals surface area contributed by atoms with Crippen molar-refractivity contribution in [3.63, 3.8) is 0 Å². The molecule has 47 heavy (non-hydrogen) atoms. The molecule has 0 spiro atoms. The first-order valence-corrected chi connectivity index (χ1v) is 15.9. The molecule has 1 aliphatic rings. The highest BCUT2D eigenvalue weighted by molar-refractivity contribution is 5.65. The highest BCUT2D eigenvalue weighted by Gasteiger charge is 2.13. The monoisotopic (exact) mass is 667 g/mol. The number of nitrogens with zero attached hydrogens (tertiary/aromatic N) is 1. The van der Waals surface area contributed by atoms with E-state index < -0.39 is 11.1 Å². The molecule has 1 aromatic carbocycles. The summed E-state index contributed by atoms with van der Waals surface area (Å²) in [7, 11) is 1.64. The first-order valence-electron chi connectivity index (χ1n) is 15.9. The van der Waals surface area contributed by atoms with Crippen LogP contribution in [0.3, 0.4) is 0 Å². The zero-order valence-corrected chi connectivity index (χ0v) is 27.3. The van der Waals surface area contributed by atoms with E-state index in [1.165, 1.54) is 18.2 Å². The van der Waals surface area contributed by atoms with Crippen molar-refractivity contribution in [1.82, 2.24) is 0 Å². The molecule has 2 rings (SSSR count). The van der Waals surface area contributed by atoms with Gasteiger partial charge in [0.1, 0.15) is 17.3 Å². The van der Waals surface area contributed by atoms with Gasteiger partial charge in [0.25, 0.3) is 5.70 Å². The van der Waals surface area contributed by atoms with Gasteiger partial charge in [0.2, 0.25) is 0 Å². The number of ether oxygens (including phenoxy) is 10. The summed E-state index contributed by atoms with van der Waals surface area (Å²) in [5, 5.41) is 10.8. The van der Waals surface area contributed by atoms with Gasteiger partial charge in [0.05, 0.1) is 90.8 Å². The Kier molecular flexibility index (Phi) is 23.5. The Morgan fingerprint density at radius 1 is 0.638 bits per heavy atom. The van der Waals surface area contributed by atoms with Gasteiger partial charge in [-0.1, -0.05) is 12.5 Å². The minimum Gasteiger partial charge on any atom is -0.494 e. The second-order valence-corrected chi connectivity index (χ2v) is 9.94. The van der Waals surface area contributed by atoms with Crippen LogP contribution in [0.25, 0.3) is 0 Å². The van der Waals surface area contributed by atoms with Gasteiger partial charge in [-0.05, 0) is 49.6 Å². The average molecular weight is 668 g/mol. The Hall–Kier alpha value is -3.37. The SMILES string of the molecule is COCCOCCOCCOCCOCCOCCOCCCCCCOc1ccc(OC(=O)OC2=CC=C([N+](=O)[O-])C=CC2)cc1. The summed E-state index contributed by atoms with van der Waals surface area (Å²) in [4.78, 5) is 22.4. The maximum absolute atomic E-state index is 12.1. The van der Waals surface area contributed by atoms with Gasteiger partial charge < -0.3 is 47.4 Å². The van der Waals surface area contributed by atoms with Crippen molar-refractivity contribution in [3.05, 3.63) is 70.1 Å². The lowest BCUT2D eigenvalue weighted by Gasteiger charge is -2.09. The van der Waals surface area contributed by atoms with Gasteiger partial charge in [-0.15, -0.1) is 0 Å². The quantitative estimate of drug-likeness (QED) is 0.0375. The molecule has 0 N–H and O–H groups in total. The highest BCUT2D eigenvalue weighted by atomic mass is 16.7. The molecule has 14 nitrogen and oxygen atoms in total. The molecule has 0 amide bonds. The Balaban J connectivity index is 1.32. The van der Waals surface area contributed by atoms with E-state index in [1.54, 1.807) is 37.5 Å². The molecule has 0 saturated carbocycles. The molecule has 0 saturated heterocycles. The van der Waals surface area contributed by atoms with Gasteiger partial charge in [-0.2, -0.15) is 0 Å². The highest BCUT2D eigenvalue weighted by Crippen LogP contribution is 2.20. The molecule has 0 fully saturated rings. The van der Waals surface area contributed by atoms with Crippen molar-refractivity contribution in [2.45, 2.75) is 32.1 Å². The topological polar surface area (TPSA) is 153 Å². The van der Waals surface area contributed by atoms with Crippen LogP contribution in [0, 0.1) is 10.1 Å². The molecular formula is C33H49NO13. The zero-order chi connectivity index (χ0) is 33.6. The van der Waals surface area contributed by atoms with Crippen molar-refractivity contribution < 1.29 is 57.1 Å². The first kappa shape index (κ1) is 39.8. The molecule has 0 heterocycles. The molecule has 0 atom stereocenters. The third-order valence-corrected chi connectivity index (χ3v) is 6.24. The molecule has 1 aliphatic carbocycles. The molecule has 0 radical (unpaired) electrons. The molecule has 0 unspecified atom stereocenters. The standard InChI is InChI=1S/C33H49NO13/c1-38-17-18-40-21-22-42-25-26-44-28-27-43-24-23-41-20-19-39-15-4-2-3-5-16-45-30-11-13-32(14-12-30)47-33(35)46-31-8-6-7-29(9-10-31)34(36)37/h6-7,9-14H,2-5,8,15-28H2,1H3. The lowest BCUT2D eigenvalue weighted by atomic mass is 10.2. The van der Waals surface area contributed by atoms with Crippen molar-refractivity contribution in [1.29, 1.82) is 0 Å². The van der Waals surface area contributed by atoms with Gasteiger partial charge in [0, 0.05) is 32.3 Å². The van der Waals surface area contributed by atoms with E-state index >= 15 is 0 Å². The summed E-state index contributed by atoms with van der Waals surface area (Å²) in [6.07, 6.45) is 8.80. The summed E-state index contributed by atoms with van der Waals surface area (Å²) < 4.78 is 53.7. The Labute approximate surface area is 276 Å². The Bertz CT molecular complexity index is 1060. The zero-order valence-electron chi connectivity index (χ0n) is 27.3. The summed E-state index contributed by atoms with van der Waals surface area (Å²) in [5.74, 6) is 1.21. The fourth-order valence-electron chi connectivity index (χ4n) is 3.82. The van der Waals surface area contributed by atoms with Gasteiger partial charge in [-0.25, -0.2) is 4.79 Å². The largest absolute Gasteiger partial charge is 0.519 e. The van der Waals surface area contributed by atoms with Crippen LogP contribution in [-0.4, -0.2) is 111 Å². The number of carbonyl (C=O) groups excluding carboxylic acids is 1. The smallest absolute Gasteiger partial charge is 0.494 e. The van der Waals surface area contributed by atoms with E-state index in [1.807, 2.05) is 0 Å². The minimum absolute atomic E-state index is 0.0914. The summed E-state index contributed by atoms with van der Waals surface area (Å²) >= 11 is 0. The number of carbonyl (C=O) groups is 1. The second-order valence-electron chi connectivity index (χ2n) is 9.94. The van der Waals surface area contributed by atoms with Crippen molar-refractivity contribution in [2.75, 3.05) is 99.6 Å². The normalized spacial score (nSPS) is 12.7. The second kappa shape index (κ2) is 27.7. The van der Waals surface area contributed by atoms with Crippen LogP contribution in [0.2, 0.25) is 0 Å². The van der Waals surface area contributed by atoms with E-state index in [0.717, 1.165) is 25.7 Å². The van der Waals surface area contributed by atoms with Crippen LogP contribution in [0.5, 0.6) is 11.5 Å². The number of allylic oxidation sites excluding steroid dienone is 4. The van der Waals surface area contributed by atoms with Crippen molar-refractivity contribution >= 4 is 6.16 Å². The average Bonchev–Trinajstić information content (AvgIpc) is 3.31. The molecule has 0 aliphatic heterocycles. The van der Waals surface area contributed by atoms with Crippen LogP contribution in [0.15, 0.2) is 60.0 Å². The van der Waals surface area contributed by atoms with E-state index in [0.29, 0.717) is 104 Å². The Morgan fingerprint density at radius 3 is 1.66 bits per heavy atom. The number of benzene rings is 1. The molecule has 1 aromatic rings. The number of methoxy groups -OCH3 is 1. The van der Waals surface area contributed by atoms with E-state index in [2.05, 4.69) is 0 Å². The fourth-order valence-corrected chi connectivity index (χ4v) is 3.82. The lowest BCUT2D eigenvalue weighted by Crippen LogP contribution is -2.14. The van der Waals surface area contributed by atoms with Gasteiger partial charge in [-0.3, -0.25) is 10.1 Å². The molecule has 264 valence electrons. The molecule has 0 aromatic heterocycles. The number of rotatable bonds is 29. The maximum Gasteiger partial charge on any atom is 0.519 e. The molecule has 0 bridgehead atoms. The van der Waals surface area contributed by atoms with Gasteiger partial charge in [0.15, 0.2) is 0 Å². The maximum atomic E-state index is 12.1. The number of nitro groups is 1. The van der Waals surface area contributed by atoms with Crippen LogP contribution in [0.4, 0.5) is 4.79 Å². The Morgan fingerprint density at radius 2 is 1.13 bits per heavy atom. The predicted molar refractivity (Wildman–Crippen MR) is 171 cm³/mol. The van der Waals surface area contributed by atoms with E-state index in [4.69, 9.17) is 47.4 Å². The van der Waals surface area contributed by atoms with Crippen molar-refractivity contribution in [2.24, 2.45) is 0 Å². The fraction of sp³-hybridized carbons (Fsp3) is 0.606. The van der Waals surface area contributed by atoms with Crippen molar-refractivity contribution in [3.8, 4) is 11.5 Å². The van der Waals surface area contributed by atoms with E-state index in [9.17, 15) is 14.9 Å². The predicted octanol–water partition coefficient (Wildman–Crippen LogP) is 4.89. The number of hydrogen-bond acceptors (Lipinski definition) is 13. The first-order chi connectivity index (χ1) is 23.1. The third-order valence-electron chi connectivity index (χ3n) is 6.24. The number of hydrogen-bond donors (Lipinski definition) is 0. The molecule has 14 heteroatoms. The van der Waals surface area contributed by atoms with E-state index in [-0.39, 0.29) is 17.9 Å². The summed E-state index contributed by atoms with van der Waals surface area (Å²) in [6, 6.07) is 6.64. The van der Waals surface area contributed by atoms with Crippen LogP contribution in [-0.2, 0) is 37.9 Å². The summed E-state index contributed by atoms with van der Waals surface area (Å²) in [6.45, 7) is 7.71. The number of unbranched alkanes of at least 4 members (excludes halogenated alkanes) is 3. The van der Waals surface area contributed by atoms with Crippen LogP contribution < -0.4 is 9.47 Å². The third kappa shape index (κ3) is 21.9. The van der Waals surface area contributed by atoms with Crippen LogP contribution in [0.1, 0.15) is 32.1 Å². The minimum atomic E-state index is -0.925. The summed E-state index contributed by atoms with van der Waals surface area (Å²) in [5.41, 5.74) is -0.0914. The lowest BCUT2D eigenvalue weighted by molar-refractivity contribution is -0.419. The van der Waals surface area contributed by atoms with Gasteiger partial charge >= 0.3 is 6.16 Å². The van der Waals surface area contributed by atoms with Crippen LogP contribution >= 0.6 is 0 Å².